The highest BCUT2D eigenvalue weighted by atomic mass is 35.5. The molecule has 0 fully saturated rings. The number of alkyl halides is 6. The van der Waals surface area contributed by atoms with Crippen molar-refractivity contribution in [1.29, 1.82) is 0 Å². The number of fused-ring (bicyclic) bond motifs is 1. The van der Waals surface area contributed by atoms with Crippen LogP contribution < -0.4 is 0 Å². The molecule has 5 nitrogen and oxygen atoms in total. The fraction of sp³-hybridized carbons (Fsp3) is 0.222. The number of hydrogen-bond donors (Lipinski definition) is 2. The summed E-state index contributed by atoms with van der Waals surface area (Å²) < 4.78 is 84.3. The summed E-state index contributed by atoms with van der Waals surface area (Å²) >= 11 is 7.11. The number of benzene rings is 3. The van der Waals surface area contributed by atoms with Gasteiger partial charge in [-0.25, -0.2) is 9.59 Å². The average molecular weight is 603 g/mol. The fourth-order valence-corrected chi connectivity index (χ4v) is 6.50. The molecule has 0 amide bonds. The molecule has 0 saturated heterocycles. The summed E-state index contributed by atoms with van der Waals surface area (Å²) in [6.45, 7) is 0. The van der Waals surface area contributed by atoms with Gasteiger partial charge in [-0.05, 0) is 54.3 Å². The summed E-state index contributed by atoms with van der Waals surface area (Å²) in [6.07, 6.45) is -12.0. The molecule has 4 rings (SSSR count). The third-order valence-corrected chi connectivity index (χ3v) is 8.49. The molecule has 0 bridgehead atoms. The molecule has 3 aromatic carbocycles. The van der Waals surface area contributed by atoms with Crippen LogP contribution in [0.25, 0.3) is 0 Å². The van der Waals surface area contributed by atoms with E-state index in [-0.39, 0.29) is 15.5 Å². The number of carbonyl (C=O) groups excluding carboxylic acids is 1. The average Bonchev–Trinajstić information content (AvgIpc) is 2.85. The second kappa shape index (κ2) is 10.5. The summed E-state index contributed by atoms with van der Waals surface area (Å²) in [6, 6.07) is 8.93. The number of hydrogen-bond acceptors (Lipinski definition) is 4. The van der Waals surface area contributed by atoms with E-state index in [1.165, 1.54) is 18.2 Å². The highest BCUT2D eigenvalue weighted by Crippen LogP contribution is 2.49. The molecule has 0 unspecified atom stereocenters. The van der Waals surface area contributed by atoms with E-state index < -0.39 is 87.5 Å². The lowest BCUT2D eigenvalue weighted by Gasteiger charge is -2.38. The van der Waals surface area contributed by atoms with E-state index in [4.69, 9.17) is 11.6 Å². The van der Waals surface area contributed by atoms with Gasteiger partial charge in [0.25, 0.3) is 0 Å². The molecule has 40 heavy (non-hydrogen) atoms. The van der Waals surface area contributed by atoms with E-state index in [2.05, 4.69) is 0 Å². The predicted octanol–water partition coefficient (Wildman–Crippen LogP) is 7.53. The van der Waals surface area contributed by atoms with Gasteiger partial charge in [0.15, 0.2) is 5.78 Å². The lowest BCUT2D eigenvalue weighted by Crippen LogP contribution is -2.42. The van der Waals surface area contributed by atoms with E-state index in [1.54, 1.807) is 0 Å². The summed E-state index contributed by atoms with van der Waals surface area (Å²) in [5.41, 5.74) is -8.11. The van der Waals surface area contributed by atoms with Gasteiger partial charge < -0.3 is 10.2 Å². The molecular weight excluding hydrogens is 586 g/mol. The molecule has 0 atom stereocenters. The summed E-state index contributed by atoms with van der Waals surface area (Å²) in [7, 11) is 0. The number of aromatic carboxylic acids is 2. The van der Waals surface area contributed by atoms with Crippen molar-refractivity contribution < 1.29 is 50.9 Å². The van der Waals surface area contributed by atoms with Crippen molar-refractivity contribution in [2.45, 2.75) is 30.1 Å². The second-order valence-corrected chi connectivity index (χ2v) is 10.5. The number of carboxylic acid groups (broad SMARTS) is 2. The Bertz CT molecular complexity index is 1460. The van der Waals surface area contributed by atoms with Crippen molar-refractivity contribution >= 4 is 41.1 Å². The lowest BCUT2D eigenvalue weighted by atomic mass is 9.70. The quantitative estimate of drug-likeness (QED) is 0.283. The maximum absolute atomic E-state index is 14.1. The highest BCUT2D eigenvalue weighted by molar-refractivity contribution is 7.99. The van der Waals surface area contributed by atoms with E-state index in [1.807, 2.05) is 0 Å². The van der Waals surface area contributed by atoms with Crippen LogP contribution in [0.15, 0.2) is 59.5 Å². The van der Waals surface area contributed by atoms with Gasteiger partial charge in [-0.2, -0.15) is 26.3 Å². The smallest absolute Gasteiger partial charge is 0.416 e. The third-order valence-electron chi connectivity index (χ3n) is 6.64. The highest BCUT2D eigenvalue weighted by Gasteiger charge is 2.48. The molecule has 210 valence electrons. The minimum absolute atomic E-state index is 0.0773. The zero-order chi connectivity index (χ0) is 29.6. The molecule has 0 aliphatic carbocycles. The van der Waals surface area contributed by atoms with Crippen LogP contribution in [0.3, 0.4) is 0 Å². The van der Waals surface area contributed by atoms with E-state index >= 15 is 0 Å². The van der Waals surface area contributed by atoms with E-state index in [9.17, 15) is 50.9 Å². The Morgan fingerprint density at radius 2 is 1.25 bits per heavy atom. The number of Topliss-reactive ketones (excluding diaryl/α,β-unsaturated/α-hetero) is 1. The van der Waals surface area contributed by atoms with Crippen LogP contribution in [0.2, 0.25) is 5.02 Å². The third kappa shape index (κ3) is 5.42. The molecule has 3 aromatic rings. The van der Waals surface area contributed by atoms with Gasteiger partial charge in [0.05, 0.1) is 32.7 Å². The molecule has 0 aromatic heterocycles. The normalized spacial score (nSPS) is 15.0. The first-order valence-electron chi connectivity index (χ1n) is 11.4. The van der Waals surface area contributed by atoms with Crippen LogP contribution in [0.1, 0.15) is 53.3 Å². The molecule has 1 aliphatic rings. The van der Waals surface area contributed by atoms with Gasteiger partial charge >= 0.3 is 24.3 Å². The summed E-state index contributed by atoms with van der Waals surface area (Å²) in [4.78, 5) is 38.2. The fourth-order valence-electron chi connectivity index (χ4n) is 4.88. The standard InChI is InChI=1S/C27H17ClF6O5S/c28-20-9-3-6-15-21(20)40-12-25(22(15)35,10-16-13(23(36)37)4-1-7-18(16)26(29,30)31)11-17-14(24(38)39)5-2-8-19(17)27(32,33)34/h1-9H,10-12H2,(H,36,37)(H,38,39). The number of rotatable bonds is 6. The topological polar surface area (TPSA) is 91.7 Å². The Morgan fingerprint density at radius 1 is 0.800 bits per heavy atom. The van der Waals surface area contributed by atoms with Gasteiger partial charge in [0, 0.05) is 16.2 Å². The first-order chi connectivity index (χ1) is 18.6. The zero-order valence-electron chi connectivity index (χ0n) is 20.0. The largest absolute Gasteiger partial charge is 0.478 e. The molecular formula is C27H17ClF6O5S. The number of carbonyl (C=O) groups is 3. The SMILES string of the molecule is O=C(O)c1cccc(C(F)(F)F)c1CC1(Cc2c(C(=O)O)cccc2C(F)(F)F)CSc2c(Cl)cccc2C1=O. The minimum atomic E-state index is -5.07. The minimum Gasteiger partial charge on any atom is -0.478 e. The predicted molar refractivity (Wildman–Crippen MR) is 133 cm³/mol. The van der Waals surface area contributed by atoms with Crippen molar-refractivity contribution in [1.82, 2.24) is 0 Å². The number of halogens is 7. The Morgan fingerprint density at radius 3 is 1.68 bits per heavy atom. The first-order valence-corrected chi connectivity index (χ1v) is 12.7. The van der Waals surface area contributed by atoms with Crippen LogP contribution in [0.5, 0.6) is 0 Å². The Kier molecular flexibility index (Phi) is 7.72. The second-order valence-electron chi connectivity index (χ2n) is 9.14. The van der Waals surface area contributed by atoms with Crippen molar-refractivity contribution in [2.75, 3.05) is 5.75 Å². The maximum atomic E-state index is 14.1. The van der Waals surface area contributed by atoms with Gasteiger partial charge in [0.2, 0.25) is 0 Å². The zero-order valence-corrected chi connectivity index (χ0v) is 21.6. The Labute approximate surface area is 231 Å². The van der Waals surface area contributed by atoms with E-state index in [0.29, 0.717) is 12.1 Å². The van der Waals surface area contributed by atoms with Crippen LogP contribution in [0.4, 0.5) is 26.3 Å². The van der Waals surface area contributed by atoms with Crippen molar-refractivity contribution in [3.63, 3.8) is 0 Å². The molecule has 1 aliphatic heterocycles. The monoisotopic (exact) mass is 602 g/mol. The first kappa shape index (κ1) is 29.5. The number of carboxylic acids is 2. The Hall–Kier alpha value is -3.51. The van der Waals surface area contributed by atoms with Crippen molar-refractivity contribution in [3.05, 3.63) is 98.6 Å². The van der Waals surface area contributed by atoms with Gasteiger partial charge in [-0.3, -0.25) is 4.79 Å². The van der Waals surface area contributed by atoms with Gasteiger partial charge in [-0.1, -0.05) is 35.9 Å². The van der Waals surface area contributed by atoms with Crippen LogP contribution in [0, 0.1) is 5.41 Å². The Balaban J connectivity index is 2.03. The summed E-state index contributed by atoms with van der Waals surface area (Å²) in [5.74, 6) is -4.76. The lowest BCUT2D eigenvalue weighted by molar-refractivity contribution is -0.138. The number of ketones is 1. The molecule has 0 saturated carbocycles. The molecule has 0 radical (unpaired) electrons. The van der Waals surface area contributed by atoms with Crippen molar-refractivity contribution in [3.8, 4) is 0 Å². The molecule has 0 spiro atoms. The van der Waals surface area contributed by atoms with Gasteiger partial charge in [-0.15, -0.1) is 11.8 Å². The van der Waals surface area contributed by atoms with E-state index in [0.717, 1.165) is 36.0 Å². The summed E-state index contributed by atoms with van der Waals surface area (Å²) in [5, 5.41) is 19.5. The van der Waals surface area contributed by atoms with Crippen LogP contribution in [-0.2, 0) is 25.2 Å². The van der Waals surface area contributed by atoms with Gasteiger partial charge in [0.1, 0.15) is 0 Å². The molecule has 1 heterocycles. The van der Waals surface area contributed by atoms with Crippen LogP contribution >= 0.6 is 23.4 Å². The van der Waals surface area contributed by atoms with Crippen LogP contribution in [-0.4, -0.2) is 33.7 Å². The molecule has 2 N–H and O–H groups in total. The maximum Gasteiger partial charge on any atom is 0.416 e. The number of thioether (sulfide) groups is 1. The van der Waals surface area contributed by atoms with Crippen molar-refractivity contribution in [2.24, 2.45) is 5.41 Å². The molecule has 13 heteroatoms.